The number of hydrogen-bond acceptors (Lipinski definition) is 7. The van der Waals surface area contributed by atoms with Gasteiger partial charge < -0.3 is 15.2 Å². The first-order valence-corrected chi connectivity index (χ1v) is 17.1. The fraction of sp³-hybridized carbons (Fsp3) is 0.912. The molecule has 0 aromatic rings. The SMILES string of the molecule is CCCCCCC(C)(CCC)C(=O)C(N)CSC[C@H](COC(=O)C(C)(C)CC(C)(C)C)OC(=O)C(C)CC(C)(C)C. The van der Waals surface area contributed by atoms with E-state index in [1.807, 2.05) is 20.8 Å². The van der Waals surface area contributed by atoms with Gasteiger partial charge in [0.2, 0.25) is 0 Å². The van der Waals surface area contributed by atoms with E-state index in [2.05, 4.69) is 62.3 Å². The molecule has 0 radical (unpaired) electrons. The van der Waals surface area contributed by atoms with Crippen molar-refractivity contribution in [2.24, 2.45) is 33.3 Å². The van der Waals surface area contributed by atoms with E-state index in [1.54, 1.807) is 0 Å². The summed E-state index contributed by atoms with van der Waals surface area (Å²) in [5, 5.41) is 0. The number of ketones is 1. The van der Waals surface area contributed by atoms with Crippen molar-refractivity contribution in [2.45, 2.75) is 153 Å². The molecule has 0 aliphatic rings. The Bertz CT molecular complexity index is 798. The fourth-order valence-electron chi connectivity index (χ4n) is 5.88. The van der Waals surface area contributed by atoms with Crippen LogP contribution in [0.15, 0.2) is 0 Å². The van der Waals surface area contributed by atoms with Gasteiger partial charge in [-0.1, -0.05) is 101 Å². The summed E-state index contributed by atoms with van der Waals surface area (Å²) < 4.78 is 11.6. The summed E-state index contributed by atoms with van der Waals surface area (Å²) in [6.45, 7) is 24.6. The summed E-state index contributed by atoms with van der Waals surface area (Å²) in [5.74, 6) is 0.0864. The maximum absolute atomic E-state index is 13.4. The summed E-state index contributed by atoms with van der Waals surface area (Å²) in [6, 6.07) is -0.591. The third-order valence-electron chi connectivity index (χ3n) is 7.45. The number of Topliss-reactive ketones (excluding diaryl/α,β-unsaturated/α-hetero) is 1. The molecule has 7 heteroatoms. The number of carbonyl (C=O) groups excluding carboxylic acids is 3. The summed E-state index contributed by atoms with van der Waals surface area (Å²) >= 11 is 1.49. The van der Waals surface area contributed by atoms with Crippen LogP contribution >= 0.6 is 11.8 Å². The van der Waals surface area contributed by atoms with E-state index in [0.29, 0.717) is 24.3 Å². The van der Waals surface area contributed by atoms with Gasteiger partial charge in [0.05, 0.1) is 17.4 Å². The molecule has 0 aliphatic carbocycles. The Kier molecular flexibility index (Phi) is 17.4. The van der Waals surface area contributed by atoms with Crippen LogP contribution in [0.25, 0.3) is 0 Å². The van der Waals surface area contributed by atoms with Crippen molar-refractivity contribution in [3.63, 3.8) is 0 Å². The molecule has 0 aliphatic heterocycles. The lowest BCUT2D eigenvalue weighted by Gasteiger charge is -2.31. The molecule has 0 amide bonds. The van der Waals surface area contributed by atoms with Crippen LogP contribution in [0.2, 0.25) is 0 Å². The summed E-state index contributed by atoms with van der Waals surface area (Å²) in [6.07, 6.45) is 7.93. The molecular formula is C34H65NO5S. The normalized spacial score (nSPS) is 16.4. The molecule has 3 unspecified atom stereocenters. The number of unbranched alkanes of at least 4 members (excludes halogenated alkanes) is 3. The zero-order chi connectivity index (χ0) is 32.1. The number of esters is 2. The van der Waals surface area contributed by atoms with E-state index < -0.39 is 23.0 Å². The van der Waals surface area contributed by atoms with E-state index in [0.717, 1.165) is 32.1 Å². The first-order valence-electron chi connectivity index (χ1n) is 15.9. The molecule has 0 saturated carbocycles. The second-order valence-corrected chi connectivity index (χ2v) is 16.6. The Hall–Kier alpha value is -1.08. The Labute approximate surface area is 257 Å². The van der Waals surface area contributed by atoms with Crippen molar-refractivity contribution in [2.75, 3.05) is 18.1 Å². The second-order valence-electron chi connectivity index (χ2n) is 15.6. The number of thioether (sulfide) groups is 1. The number of rotatable bonds is 20. The van der Waals surface area contributed by atoms with Crippen LogP contribution in [-0.4, -0.2) is 48.0 Å². The Morgan fingerprint density at radius 1 is 0.805 bits per heavy atom. The van der Waals surface area contributed by atoms with Crippen molar-refractivity contribution in [1.29, 1.82) is 0 Å². The van der Waals surface area contributed by atoms with Crippen LogP contribution < -0.4 is 5.73 Å². The third kappa shape index (κ3) is 17.0. The number of ether oxygens (including phenoxy) is 2. The van der Waals surface area contributed by atoms with Crippen LogP contribution in [0.3, 0.4) is 0 Å². The zero-order valence-corrected chi connectivity index (χ0v) is 29.6. The summed E-state index contributed by atoms with van der Waals surface area (Å²) in [5.41, 5.74) is 5.33. The Balaban J connectivity index is 5.40. The van der Waals surface area contributed by atoms with E-state index in [1.165, 1.54) is 24.6 Å². The first-order chi connectivity index (χ1) is 18.7. The van der Waals surface area contributed by atoms with E-state index in [-0.39, 0.29) is 41.1 Å². The van der Waals surface area contributed by atoms with Crippen LogP contribution in [0.1, 0.15) is 141 Å². The first kappa shape index (κ1) is 39.9. The molecule has 0 saturated heterocycles. The summed E-state index contributed by atoms with van der Waals surface area (Å²) in [7, 11) is 0. The number of carbonyl (C=O) groups is 3. The maximum Gasteiger partial charge on any atom is 0.311 e. The van der Waals surface area contributed by atoms with Crippen molar-refractivity contribution in [3.05, 3.63) is 0 Å². The highest BCUT2D eigenvalue weighted by atomic mass is 32.2. The molecule has 0 aromatic carbocycles. The van der Waals surface area contributed by atoms with Crippen molar-refractivity contribution >= 4 is 29.5 Å². The number of nitrogens with two attached hydrogens (primary N) is 1. The molecule has 4 atom stereocenters. The standard InChI is InChI=1S/C34H65NO5S/c1-13-15-16-17-19-34(12,18-14-2)28(36)27(35)23-41-22-26(40-29(37)25(3)20-31(4,5)6)21-39-30(38)33(10,11)24-32(7,8)9/h25-27H,13-24,35H2,1-12H3/t25?,26-,27?,34?/m0/s1. The molecule has 0 rings (SSSR count). The molecule has 0 bridgehead atoms. The average molecular weight is 600 g/mol. The maximum atomic E-state index is 13.4. The van der Waals surface area contributed by atoms with Crippen molar-refractivity contribution in [3.8, 4) is 0 Å². The van der Waals surface area contributed by atoms with Crippen LogP contribution in [0, 0.1) is 27.6 Å². The lowest BCUT2D eigenvalue weighted by molar-refractivity contribution is -0.166. The smallest absolute Gasteiger partial charge is 0.311 e. The predicted octanol–water partition coefficient (Wildman–Crippen LogP) is 8.38. The highest BCUT2D eigenvalue weighted by Crippen LogP contribution is 2.35. The van der Waals surface area contributed by atoms with Gasteiger partial charge in [0.1, 0.15) is 12.7 Å². The van der Waals surface area contributed by atoms with E-state index in [9.17, 15) is 14.4 Å². The van der Waals surface area contributed by atoms with Gasteiger partial charge >= 0.3 is 11.9 Å². The quantitative estimate of drug-likeness (QED) is 0.111. The molecule has 6 nitrogen and oxygen atoms in total. The van der Waals surface area contributed by atoms with Crippen LogP contribution in [0.4, 0.5) is 0 Å². The van der Waals surface area contributed by atoms with Gasteiger partial charge in [-0.2, -0.15) is 11.8 Å². The van der Waals surface area contributed by atoms with Crippen molar-refractivity contribution in [1.82, 2.24) is 0 Å². The number of hydrogen-bond donors (Lipinski definition) is 1. The van der Waals surface area contributed by atoms with Gasteiger partial charge in [-0.15, -0.1) is 0 Å². The highest BCUT2D eigenvalue weighted by Gasteiger charge is 2.36. The van der Waals surface area contributed by atoms with Crippen LogP contribution in [-0.2, 0) is 23.9 Å². The lowest BCUT2D eigenvalue weighted by atomic mass is 9.75. The molecular weight excluding hydrogens is 534 g/mol. The largest absolute Gasteiger partial charge is 0.461 e. The minimum Gasteiger partial charge on any atom is -0.461 e. The van der Waals surface area contributed by atoms with E-state index >= 15 is 0 Å². The van der Waals surface area contributed by atoms with Gasteiger partial charge in [0, 0.05) is 16.9 Å². The van der Waals surface area contributed by atoms with Crippen molar-refractivity contribution < 1.29 is 23.9 Å². The van der Waals surface area contributed by atoms with E-state index in [4.69, 9.17) is 15.2 Å². The van der Waals surface area contributed by atoms with Gasteiger partial charge in [0.25, 0.3) is 0 Å². The fourth-order valence-corrected chi connectivity index (χ4v) is 6.84. The zero-order valence-electron chi connectivity index (χ0n) is 28.7. The second kappa shape index (κ2) is 17.9. The third-order valence-corrected chi connectivity index (χ3v) is 8.65. The lowest BCUT2D eigenvalue weighted by Crippen LogP contribution is -2.44. The Morgan fingerprint density at radius 2 is 1.41 bits per heavy atom. The molecule has 242 valence electrons. The molecule has 0 fully saturated rings. The molecule has 0 spiro atoms. The monoisotopic (exact) mass is 599 g/mol. The minimum absolute atomic E-state index is 0.0124. The van der Waals surface area contributed by atoms with Gasteiger partial charge in [-0.3, -0.25) is 14.4 Å². The Morgan fingerprint density at radius 3 is 1.93 bits per heavy atom. The molecule has 41 heavy (non-hydrogen) atoms. The van der Waals surface area contributed by atoms with Gasteiger partial charge in [0.15, 0.2) is 5.78 Å². The highest BCUT2D eigenvalue weighted by molar-refractivity contribution is 7.99. The molecule has 2 N–H and O–H groups in total. The minimum atomic E-state index is -0.658. The molecule has 0 heterocycles. The average Bonchev–Trinajstić information content (AvgIpc) is 2.81. The predicted molar refractivity (Wildman–Crippen MR) is 174 cm³/mol. The van der Waals surface area contributed by atoms with Crippen LogP contribution in [0.5, 0.6) is 0 Å². The summed E-state index contributed by atoms with van der Waals surface area (Å²) in [4.78, 5) is 39.4. The molecule has 0 aromatic heterocycles. The topological polar surface area (TPSA) is 95.7 Å². The van der Waals surface area contributed by atoms with Gasteiger partial charge in [-0.25, -0.2) is 0 Å². The van der Waals surface area contributed by atoms with Gasteiger partial charge in [-0.05, 0) is 50.4 Å².